The van der Waals surface area contributed by atoms with Crippen molar-refractivity contribution < 1.29 is 0 Å². The number of guanidine groups is 1. The lowest BCUT2D eigenvalue weighted by atomic mass is 10.1. The molecule has 0 atom stereocenters. The van der Waals surface area contributed by atoms with E-state index in [1.165, 1.54) is 16.0 Å². The number of aliphatic imine (C=N–C) groups is 1. The van der Waals surface area contributed by atoms with Gasteiger partial charge >= 0.3 is 0 Å². The summed E-state index contributed by atoms with van der Waals surface area (Å²) < 4.78 is 0. The Morgan fingerprint density at radius 2 is 1.83 bits per heavy atom. The SMILES string of the molecule is CCc1ccc(CCNC(=NC)NCc2ncc(CC)s2)cc1. The molecule has 2 aromatic rings. The van der Waals surface area contributed by atoms with Crippen molar-refractivity contribution in [1.29, 1.82) is 0 Å². The number of hydrogen-bond acceptors (Lipinski definition) is 3. The van der Waals surface area contributed by atoms with Gasteiger partial charge in [0.25, 0.3) is 0 Å². The van der Waals surface area contributed by atoms with Gasteiger partial charge in [-0.2, -0.15) is 0 Å². The molecule has 5 heteroatoms. The van der Waals surface area contributed by atoms with Crippen LogP contribution in [-0.2, 0) is 25.8 Å². The van der Waals surface area contributed by atoms with Crippen LogP contribution in [0.1, 0.15) is 34.9 Å². The van der Waals surface area contributed by atoms with Gasteiger partial charge in [0.1, 0.15) is 5.01 Å². The van der Waals surface area contributed by atoms with Crippen molar-refractivity contribution in [3.8, 4) is 0 Å². The molecular formula is C18H26N4S. The van der Waals surface area contributed by atoms with E-state index in [1.54, 1.807) is 18.4 Å². The molecule has 23 heavy (non-hydrogen) atoms. The summed E-state index contributed by atoms with van der Waals surface area (Å²) in [5.41, 5.74) is 2.73. The molecule has 0 aliphatic heterocycles. The van der Waals surface area contributed by atoms with Crippen LogP contribution < -0.4 is 10.6 Å². The highest BCUT2D eigenvalue weighted by molar-refractivity contribution is 7.11. The first-order valence-corrected chi connectivity index (χ1v) is 9.02. The molecule has 0 aliphatic carbocycles. The summed E-state index contributed by atoms with van der Waals surface area (Å²) in [6.07, 6.45) is 5.08. The van der Waals surface area contributed by atoms with Gasteiger partial charge in [0.2, 0.25) is 0 Å². The van der Waals surface area contributed by atoms with E-state index in [2.05, 4.69) is 58.7 Å². The van der Waals surface area contributed by atoms with Crippen LogP contribution in [-0.4, -0.2) is 24.5 Å². The zero-order valence-electron chi connectivity index (χ0n) is 14.2. The number of nitrogens with zero attached hydrogens (tertiary/aromatic N) is 2. The fourth-order valence-corrected chi connectivity index (χ4v) is 3.04. The van der Waals surface area contributed by atoms with Crippen LogP contribution in [0, 0.1) is 0 Å². The van der Waals surface area contributed by atoms with Crippen molar-refractivity contribution >= 4 is 17.3 Å². The van der Waals surface area contributed by atoms with Crippen molar-refractivity contribution in [1.82, 2.24) is 15.6 Å². The fraction of sp³-hybridized carbons (Fsp3) is 0.444. The third-order valence-electron chi connectivity index (χ3n) is 3.72. The Morgan fingerprint density at radius 3 is 2.43 bits per heavy atom. The highest BCUT2D eigenvalue weighted by Gasteiger charge is 2.02. The van der Waals surface area contributed by atoms with Gasteiger partial charge in [-0.3, -0.25) is 4.99 Å². The van der Waals surface area contributed by atoms with Gasteiger partial charge < -0.3 is 10.6 Å². The molecule has 124 valence electrons. The first-order valence-electron chi connectivity index (χ1n) is 8.21. The average Bonchev–Trinajstić information content (AvgIpc) is 3.06. The lowest BCUT2D eigenvalue weighted by Crippen LogP contribution is -2.37. The number of nitrogens with one attached hydrogen (secondary N) is 2. The van der Waals surface area contributed by atoms with Crippen LogP contribution in [0.15, 0.2) is 35.5 Å². The number of benzene rings is 1. The molecule has 0 bridgehead atoms. The minimum Gasteiger partial charge on any atom is -0.356 e. The van der Waals surface area contributed by atoms with Crippen molar-refractivity contribution in [3.05, 3.63) is 51.5 Å². The van der Waals surface area contributed by atoms with Gasteiger partial charge in [-0.05, 0) is 30.4 Å². The largest absolute Gasteiger partial charge is 0.356 e. The van der Waals surface area contributed by atoms with Crippen LogP contribution in [0.2, 0.25) is 0 Å². The maximum atomic E-state index is 4.41. The summed E-state index contributed by atoms with van der Waals surface area (Å²) in [6.45, 7) is 5.91. The van der Waals surface area contributed by atoms with E-state index in [-0.39, 0.29) is 0 Å². The second-order valence-electron chi connectivity index (χ2n) is 5.35. The molecule has 0 radical (unpaired) electrons. The number of thiazole rings is 1. The van der Waals surface area contributed by atoms with E-state index in [0.29, 0.717) is 0 Å². The van der Waals surface area contributed by atoms with Crippen LogP contribution >= 0.6 is 11.3 Å². The van der Waals surface area contributed by atoms with Crippen molar-refractivity contribution in [2.24, 2.45) is 4.99 Å². The predicted octanol–water partition coefficient (Wildman–Crippen LogP) is 3.18. The smallest absolute Gasteiger partial charge is 0.191 e. The molecule has 0 saturated carbocycles. The summed E-state index contributed by atoms with van der Waals surface area (Å²) in [6, 6.07) is 8.82. The second-order valence-corrected chi connectivity index (χ2v) is 6.55. The zero-order valence-corrected chi connectivity index (χ0v) is 15.0. The third kappa shape index (κ3) is 5.67. The average molecular weight is 331 g/mol. The van der Waals surface area contributed by atoms with E-state index in [1.807, 2.05) is 6.20 Å². The Hall–Kier alpha value is -1.88. The molecule has 0 fully saturated rings. The summed E-state index contributed by atoms with van der Waals surface area (Å²) in [4.78, 5) is 9.99. The maximum Gasteiger partial charge on any atom is 0.191 e. The van der Waals surface area contributed by atoms with Gasteiger partial charge in [-0.25, -0.2) is 4.98 Å². The summed E-state index contributed by atoms with van der Waals surface area (Å²) in [5.74, 6) is 0.823. The first-order chi connectivity index (χ1) is 11.2. The molecule has 0 amide bonds. The molecule has 1 aromatic heterocycles. The van der Waals surface area contributed by atoms with Crippen LogP contribution in [0.25, 0.3) is 0 Å². The standard InChI is InChI=1S/C18H26N4S/c1-4-14-6-8-15(9-7-14)10-11-20-18(19-3)22-13-17-21-12-16(5-2)23-17/h6-9,12H,4-5,10-11,13H2,1-3H3,(H2,19,20,22). The highest BCUT2D eigenvalue weighted by atomic mass is 32.1. The quantitative estimate of drug-likeness (QED) is 0.605. The minimum atomic E-state index is 0.718. The number of aromatic nitrogens is 1. The molecule has 0 saturated heterocycles. The van der Waals surface area contributed by atoms with E-state index < -0.39 is 0 Å². The van der Waals surface area contributed by atoms with E-state index in [0.717, 1.165) is 43.3 Å². The van der Waals surface area contributed by atoms with Crippen LogP contribution in [0.3, 0.4) is 0 Å². The van der Waals surface area contributed by atoms with Gasteiger partial charge in [-0.1, -0.05) is 38.1 Å². The van der Waals surface area contributed by atoms with Crippen LogP contribution in [0.5, 0.6) is 0 Å². The zero-order chi connectivity index (χ0) is 16.5. The van der Waals surface area contributed by atoms with Crippen molar-refractivity contribution in [2.45, 2.75) is 39.7 Å². The topological polar surface area (TPSA) is 49.3 Å². The molecule has 0 aliphatic rings. The van der Waals surface area contributed by atoms with Crippen LogP contribution in [0.4, 0.5) is 0 Å². The normalized spacial score (nSPS) is 11.5. The second kappa shape index (κ2) is 9.30. The minimum absolute atomic E-state index is 0.718. The predicted molar refractivity (Wildman–Crippen MR) is 99.2 cm³/mol. The van der Waals surface area contributed by atoms with E-state index in [4.69, 9.17) is 0 Å². The maximum absolute atomic E-state index is 4.41. The van der Waals surface area contributed by atoms with E-state index >= 15 is 0 Å². The Balaban J connectivity index is 1.73. The molecule has 2 rings (SSSR count). The molecule has 1 heterocycles. The molecule has 0 spiro atoms. The fourth-order valence-electron chi connectivity index (χ4n) is 2.24. The Bertz CT molecular complexity index is 616. The lowest BCUT2D eigenvalue weighted by molar-refractivity contribution is 0.791. The van der Waals surface area contributed by atoms with E-state index in [9.17, 15) is 0 Å². The molecular weight excluding hydrogens is 304 g/mol. The molecule has 4 nitrogen and oxygen atoms in total. The van der Waals surface area contributed by atoms with Gasteiger partial charge in [0, 0.05) is 24.7 Å². The molecule has 0 unspecified atom stereocenters. The first kappa shape index (κ1) is 17.5. The van der Waals surface area contributed by atoms with Crippen molar-refractivity contribution in [3.63, 3.8) is 0 Å². The van der Waals surface area contributed by atoms with Gasteiger partial charge in [0.15, 0.2) is 5.96 Å². The summed E-state index contributed by atoms with van der Waals surface area (Å²) >= 11 is 1.75. The number of hydrogen-bond donors (Lipinski definition) is 2. The summed E-state index contributed by atoms with van der Waals surface area (Å²) in [5, 5.41) is 7.76. The molecule has 1 aromatic carbocycles. The highest BCUT2D eigenvalue weighted by Crippen LogP contribution is 2.12. The van der Waals surface area contributed by atoms with Gasteiger partial charge in [-0.15, -0.1) is 11.3 Å². The third-order valence-corrected chi connectivity index (χ3v) is 4.86. The monoisotopic (exact) mass is 330 g/mol. The Labute approximate surface area is 143 Å². The summed E-state index contributed by atoms with van der Waals surface area (Å²) in [7, 11) is 1.80. The number of rotatable bonds is 7. The Morgan fingerprint density at radius 1 is 1.09 bits per heavy atom. The lowest BCUT2D eigenvalue weighted by Gasteiger charge is -2.11. The Kier molecular flexibility index (Phi) is 7.07. The van der Waals surface area contributed by atoms with Gasteiger partial charge in [0.05, 0.1) is 6.54 Å². The molecule has 2 N–H and O–H groups in total. The van der Waals surface area contributed by atoms with Crippen molar-refractivity contribution in [2.75, 3.05) is 13.6 Å². The number of aryl methyl sites for hydroxylation is 2.